The number of nitrogens with one attached hydrogen (secondary N) is 2. The van der Waals surface area contributed by atoms with Crippen LogP contribution < -0.4 is 10.6 Å². The molecule has 6 atom stereocenters. The third kappa shape index (κ3) is 2.86. The summed E-state index contributed by atoms with van der Waals surface area (Å²) in [6.45, 7) is 3.84. The van der Waals surface area contributed by atoms with E-state index in [0.29, 0.717) is 28.8 Å². The number of carbonyl (C=O) groups is 1. The Kier molecular flexibility index (Phi) is 4.94. The van der Waals surface area contributed by atoms with Crippen molar-refractivity contribution in [1.82, 2.24) is 39.8 Å². The molecular formula is C23H29N9O3. The first-order valence-electron chi connectivity index (χ1n) is 12.0. The molecule has 2 bridgehead atoms. The summed E-state index contributed by atoms with van der Waals surface area (Å²) in [5, 5.41) is 36.9. The van der Waals surface area contributed by atoms with Crippen LogP contribution in [0.2, 0.25) is 0 Å². The Morgan fingerprint density at radius 1 is 1.29 bits per heavy atom. The van der Waals surface area contributed by atoms with E-state index in [1.165, 1.54) is 19.9 Å². The van der Waals surface area contributed by atoms with Gasteiger partial charge >= 0.3 is 0 Å². The van der Waals surface area contributed by atoms with Crippen molar-refractivity contribution in [3.8, 4) is 5.95 Å². The van der Waals surface area contributed by atoms with Gasteiger partial charge in [-0.25, -0.2) is 4.98 Å². The molecule has 0 aromatic carbocycles. The van der Waals surface area contributed by atoms with Gasteiger partial charge in [0.2, 0.25) is 5.91 Å². The smallest absolute Gasteiger partial charge is 0.256 e. The van der Waals surface area contributed by atoms with E-state index in [9.17, 15) is 15.0 Å². The molecule has 7 rings (SSSR count). The summed E-state index contributed by atoms with van der Waals surface area (Å²) in [4.78, 5) is 26.4. The van der Waals surface area contributed by atoms with Gasteiger partial charge in [0.1, 0.15) is 5.60 Å². The lowest BCUT2D eigenvalue weighted by molar-refractivity contribution is -0.156. The van der Waals surface area contributed by atoms with Crippen molar-refractivity contribution in [3.05, 3.63) is 30.9 Å². The Balaban J connectivity index is 1.45. The Morgan fingerprint density at radius 2 is 2.06 bits per heavy atom. The SMILES string of the molecule is C=C[C@@H]1C2[C@H](C(=O)NC)[C@@H](O)[C@]1(O)[C@@H]2n1cnc2c(NC)nc(-n3cc(C4CCCC4)nn3)nc21. The Labute approximate surface area is 201 Å². The van der Waals surface area contributed by atoms with Crippen molar-refractivity contribution in [1.29, 1.82) is 0 Å². The number of nitrogens with zero attached hydrogens (tertiary/aromatic N) is 7. The van der Waals surface area contributed by atoms with E-state index in [1.54, 1.807) is 28.7 Å². The number of rotatable bonds is 6. The molecule has 12 nitrogen and oxygen atoms in total. The maximum Gasteiger partial charge on any atom is 0.256 e. The lowest BCUT2D eigenvalue weighted by atomic mass is 9.62. The molecule has 4 aliphatic carbocycles. The molecule has 1 unspecified atom stereocenters. The van der Waals surface area contributed by atoms with E-state index in [2.05, 4.69) is 37.5 Å². The molecule has 3 aromatic heterocycles. The van der Waals surface area contributed by atoms with Gasteiger partial charge in [-0.2, -0.15) is 14.6 Å². The van der Waals surface area contributed by atoms with Gasteiger partial charge in [0.15, 0.2) is 17.0 Å². The molecule has 3 aromatic rings. The number of hydrogen-bond donors (Lipinski definition) is 4. The maximum atomic E-state index is 12.6. The van der Waals surface area contributed by atoms with Gasteiger partial charge in [-0.3, -0.25) is 4.79 Å². The van der Waals surface area contributed by atoms with Crippen LogP contribution in [0.3, 0.4) is 0 Å². The first-order chi connectivity index (χ1) is 16.9. The van der Waals surface area contributed by atoms with Gasteiger partial charge in [0, 0.05) is 31.8 Å². The molecular weight excluding hydrogens is 450 g/mol. The number of hydrogen-bond acceptors (Lipinski definition) is 9. The molecule has 0 aliphatic heterocycles. The Morgan fingerprint density at radius 3 is 2.74 bits per heavy atom. The number of aromatic nitrogens is 7. The number of imidazole rings is 1. The molecule has 4 fully saturated rings. The summed E-state index contributed by atoms with van der Waals surface area (Å²) in [7, 11) is 3.27. The average Bonchev–Trinajstić information content (AvgIpc) is 3.67. The topological polar surface area (TPSA) is 156 Å². The summed E-state index contributed by atoms with van der Waals surface area (Å²) >= 11 is 0. The van der Waals surface area contributed by atoms with E-state index in [1.807, 2.05) is 6.20 Å². The van der Waals surface area contributed by atoms with Crippen LogP contribution in [-0.4, -0.2) is 76.4 Å². The zero-order valence-electron chi connectivity index (χ0n) is 19.7. The van der Waals surface area contributed by atoms with Gasteiger partial charge in [0.25, 0.3) is 5.95 Å². The normalized spacial score (nSPS) is 32.1. The van der Waals surface area contributed by atoms with Gasteiger partial charge in [-0.05, 0) is 12.8 Å². The standard InChI is InChI=1S/C23H29N9O3/c1-4-12-14-15(21(34)25-3)18(33)23(12,35)17(14)31-10-26-16-19(24-2)27-22(28-20(16)31)32-9-13(29-30-32)11-7-5-6-8-11/h4,9-12,14-15,17-18,33,35H,1,5-8H2,2-3H3,(H,25,34)(H,24,27,28)/t12-,14?,15+,17-,18-,23-/m1/s1. The minimum Gasteiger partial charge on any atom is -0.389 e. The third-order valence-electron chi connectivity index (χ3n) is 8.25. The fourth-order valence-electron chi connectivity index (χ4n) is 6.59. The highest BCUT2D eigenvalue weighted by Crippen LogP contribution is 2.66. The number of anilines is 1. The maximum absolute atomic E-state index is 12.6. The van der Waals surface area contributed by atoms with E-state index in [4.69, 9.17) is 4.98 Å². The summed E-state index contributed by atoms with van der Waals surface area (Å²) in [6, 6.07) is -0.606. The molecule has 4 saturated carbocycles. The second kappa shape index (κ2) is 7.82. The quantitative estimate of drug-likeness (QED) is 0.371. The number of aliphatic hydroxyl groups is 2. The van der Waals surface area contributed by atoms with Crippen LogP contribution in [0, 0.1) is 17.8 Å². The van der Waals surface area contributed by atoms with E-state index < -0.39 is 29.6 Å². The molecule has 0 radical (unpaired) electrons. The molecule has 184 valence electrons. The number of aliphatic hydroxyl groups excluding tert-OH is 1. The lowest BCUT2D eigenvalue weighted by Gasteiger charge is -2.50. The molecule has 12 heteroatoms. The van der Waals surface area contributed by atoms with Crippen LogP contribution in [0.15, 0.2) is 25.2 Å². The van der Waals surface area contributed by atoms with Gasteiger partial charge < -0.3 is 25.4 Å². The summed E-state index contributed by atoms with van der Waals surface area (Å²) < 4.78 is 3.30. The van der Waals surface area contributed by atoms with Crippen LogP contribution in [0.4, 0.5) is 5.82 Å². The predicted molar refractivity (Wildman–Crippen MR) is 126 cm³/mol. The number of amides is 1. The van der Waals surface area contributed by atoms with Crippen molar-refractivity contribution in [3.63, 3.8) is 0 Å². The first kappa shape index (κ1) is 22.1. The molecule has 4 aliphatic rings. The largest absolute Gasteiger partial charge is 0.389 e. The van der Waals surface area contributed by atoms with E-state index in [-0.39, 0.29) is 11.8 Å². The van der Waals surface area contributed by atoms with Crippen molar-refractivity contribution in [2.75, 3.05) is 19.4 Å². The molecule has 1 amide bonds. The van der Waals surface area contributed by atoms with Crippen LogP contribution >= 0.6 is 0 Å². The van der Waals surface area contributed by atoms with E-state index >= 15 is 0 Å². The lowest BCUT2D eigenvalue weighted by Crippen LogP contribution is -2.59. The Bertz CT molecular complexity index is 1310. The molecule has 0 spiro atoms. The van der Waals surface area contributed by atoms with Gasteiger partial charge in [0.05, 0.1) is 36.3 Å². The minimum atomic E-state index is -1.56. The van der Waals surface area contributed by atoms with Crippen LogP contribution in [0.25, 0.3) is 17.1 Å². The molecule has 3 heterocycles. The van der Waals surface area contributed by atoms with Gasteiger partial charge in [-0.15, -0.1) is 11.7 Å². The second-order valence-corrected chi connectivity index (χ2v) is 9.77. The van der Waals surface area contributed by atoms with Crippen molar-refractivity contribution in [2.45, 2.75) is 49.3 Å². The van der Waals surface area contributed by atoms with Crippen LogP contribution in [-0.2, 0) is 4.79 Å². The van der Waals surface area contributed by atoms with Crippen molar-refractivity contribution in [2.24, 2.45) is 17.8 Å². The monoisotopic (exact) mass is 479 g/mol. The molecule has 4 N–H and O–H groups in total. The predicted octanol–water partition coefficient (Wildman–Crippen LogP) is 0.547. The second-order valence-electron chi connectivity index (χ2n) is 9.77. The highest BCUT2D eigenvalue weighted by Gasteiger charge is 2.77. The highest BCUT2D eigenvalue weighted by atomic mass is 16.4. The summed E-state index contributed by atoms with van der Waals surface area (Å²) in [6.07, 6.45) is 8.43. The number of fused-ring (bicyclic) bond motifs is 2. The van der Waals surface area contributed by atoms with Crippen molar-refractivity contribution < 1.29 is 15.0 Å². The third-order valence-corrected chi connectivity index (χ3v) is 8.25. The Hall–Kier alpha value is -3.38. The fraction of sp³-hybridized carbons (Fsp3) is 0.565. The minimum absolute atomic E-state index is 0.314. The fourth-order valence-corrected chi connectivity index (χ4v) is 6.59. The molecule has 0 saturated heterocycles. The highest BCUT2D eigenvalue weighted by molar-refractivity contribution is 5.84. The van der Waals surface area contributed by atoms with Crippen LogP contribution in [0.5, 0.6) is 0 Å². The average molecular weight is 480 g/mol. The zero-order chi connectivity index (χ0) is 24.5. The molecule has 35 heavy (non-hydrogen) atoms. The van der Waals surface area contributed by atoms with E-state index in [0.717, 1.165) is 18.5 Å². The van der Waals surface area contributed by atoms with Gasteiger partial charge in [-0.1, -0.05) is 24.1 Å². The summed E-state index contributed by atoms with van der Waals surface area (Å²) in [5.74, 6) is -0.652. The summed E-state index contributed by atoms with van der Waals surface area (Å²) in [5.41, 5.74) is 0.356. The van der Waals surface area contributed by atoms with Crippen molar-refractivity contribution >= 4 is 22.9 Å². The van der Waals surface area contributed by atoms with Crippen LogP contribution in [0.1, 0.15) is 43.3 Å². The first-order valence-corrected chi connectivity index (χ1v) is 12.0. The number of carbonyl (C=O) groups excluding carboxylic acids is 1. The zero-order valence-corrected chi connectivity index (χ0v) is 19.7.